The fraction of sp³-hybridized carbons (Fsp3) is 0.312. The fourth-order valence-electron chi connectivity index (χ4n) is 3.02. The van der Waals surface area contributed by atoms with Crippen molar-refractivity contribution in [3.8, 4) is 0 Å². The van der Waals surface area contributed by atoms with Crippen molar-refractivity contribution in [2.75, 3.05) is 36.0 Å². The van der Waals surface area contributed by atoms with Gasteiger partial charge in [-0.2, -0.15) is 0 Å². The minimum absolute atomic E-state index is 0.944. The molecule has 118 valence electrons. The van der Waals surface area contributed by atoms with Crippen LogP contribution in [0.2, 0.25) is 0 Å². The molecular formula is C16H16BrN5S. The first kappa shape index (κ1) is 14.8. The summed E-state index contributed by atoms with van der Waals surface area (Å²) in [5.41, 5.74) is 1.20. The molecule has 1 aliphatic heterocycles. The molecule has 1 aliphatic rings. The van der Waals surface area contributed by atoms with Crippen LogP contribution in [0, 0.1) is 6.92 Å². The van der Waals surface area contributed by atoms with Gasteiger partial charge in [-0.1, -0.05) is 0 Å². The number of anilines is 2. The van der Waals surface area contributed by atoms with E-state index in [9.17, 15) is 0 Å². The fourth-order valence-corrected chi connectivity index (χ4v) is 4.20. The molecule has 0 unspecified atom stereocenters. The topological polar surface area (TPSA) is 45.2 Å². The molecule has 3 aromatic heterocycles. The molecule has 0 atom stereocenters. The molecule has 0 bridgehead atoms. The third-order valence-corrected chi connectivity index (χ3v) is 5.39. The molecule has 3 aromatic rings. The summed E-state index contributed by atoms with van der Waals surface area (Å²) in [5, 5.41) is 3.23. The summed E-state index contributed by atoms with van der Waals surface area (Å²) in [6.07, 6.45) is 3.54. The highest BCUT2D eigenvalue weighted by molar-refractivity contribution is 9.10. The van der Waals surface area contributed by atoms with Crippen molar-refractivity contribution in [1.29, 1.82) is 0 Å². The predicted molar refractivity (Wildman–Crippen MR) is 98.5 cm³/mol. The van der Waals surface area contributed by atoms with E-state index in [4.69, 9.17) is 0 Å². The number of aromatic nitrogens is 3. The van der Waals surface area contributed by atoms with E-state index in [1.54, 1.807) is 17.7 Å². The zero-order chi connectivity index (χ0) is 15.8. The molecule has 0 spiro atoms. The number of thiophene rings is 1. The first-order chi connectivity index (χ1) is 11.2. The highest BCUT2D eigenvalue weighted by Gasteiger charge is 2.22. The summed E-state index contributed by atoms with van der Waals surface area (Å²) in [6, 6.07) is 4.23. The molecule has 4 rings (SSSR count). The van der Waals surface area contributed by atoms with Crippen molar-refractivity contribution in [2.45, 2.75) is 6.92 Å². The number of nitrogens with zero attached hydrogens (tertiary/aromatic N) is 5. The first-order valence-corrected chi connectivity index (χ1v) is 9.20. The van der Waals surface area contributed by atoms with E-state index >= 15 is 0 Å². The predicted octanol–water partition coefficient (Wildman–Crippen LogP) is 3.48. The van der Waals surface area contributed by atoms with Crippen LogP contribution in [-0.2, 0) is 0 Å². The van der Waals surface area contributed by atoms with Gasteiger partial charge in [0, 0.05) is 36.8 Å². The highest BCUT2D eigenvalue weighted by Crippen LogP contribution is 2.28. The van der Waals surface area contributed by atoms with Gasteiger partial charge in [0.05, 0.1) is 5.39 Å². The van der Waals surface area contributed by atoms with E-state index in [-0.39, 0.29) is 0 Å². The maximum Gasteiger partial charge on any atom is 0.140 e. The second kappa shape index (κ2) is 6.05. The van der Waals surface area contributed by atoms with Gasteiger partial charge < -0.3 is 9.80 Å². The number of piperazine rings is 1. The van der Waals surface area contributed by atoms with Gasteiger partial charge in [0.2, 0.25) is 0 Å². The molecule has 23 heavy (non-hydrogen) atoms. The van der Waals surface area contributed by atoms with Gasteiger partial charge in [0.1, 0.15) is 22.8 Å². The molecule has 0 aromatic carbocycles. The van der Waals surface area contributed by atoms with Crippen molar-refractivity contribution in [2.24, 2.45) is 0 Å². The van der Waals surface area contributed by atoms with Crippen LogP contribution < -0.4 is 9.80 Å². The smallest absolute Gasteiger partial charge is 0.140 e. The Bertz CT molecular complexity index is 841. The Kier molecular flexibility index (Phi) is 3.90. The normalized spacial score (nSPS) is 15.4. The van der Waals surface area contributed by atoms with E-state index in [1.807, 2.05) is 6.20 Å². The summed E-state index contributed by atoms with van der Waals surface area (Å²) in [6.45, 7) is 5.90. The quantitative estimate of drug-likeness (QED) is 0.671. The van der Waals surface area contributed by atoms with Crippen molar-refractivity contribution in [3.05, 3.63) is 40.1 Å². The van der Waals surface area contributed by atoms with Crippen molar-refractivity contribution in [3.63, 3.8) is 0 Å². The third-order valence-electron chi connectivity index (χ3n) is 4.14. The van der Waals surface area contributed by atoms with Crippen LogP contribution in [0.25, 0.3) is 10.2 Å². The summed E-state index contributed by atoms with van der Waals surface area (Å²) < 4.78 is 1.03. The molecule has 1 fully saturated rings. The van der Waals surface area contributed by atoms with Crippen molar-refractivity contribution >= 4 is 49.1 Å². The van der Waals surface area contributed by atoms with E-state index in [0.717, 1.165) is 52.5 Å². The van der Waals surface area contributed by atoms with Gasteiger partial charge in [0.15, 0.2) is 0 Å². The number of aryl methyl sites for hydroxylation is 1. The standard InChI is InChI=1S/C16H16BrN5S/c1-11-8-12(17)9-18-14(11)21-3-5-22(6-4-21)15-13-2-7-23-16(13)20-10-19-15/h2,7-10H,3-6H2,1H3. The van der Waals surface area contributed by atoms with Gasteiger partial charge in [-0.15, -0.1) is 11.3 Å². The van der Waals surface area contributed by atoms with Gasteiger partial charge in [-0.25, -0.2) is 15.0 Å². The lowest BCUT2D eigenvalue weighted by Gasteiger charge is -2.36. The third kappa shape index (κ3) is 2.79. The zero-order valence-corrected chi connectivity index (χ0v) is 15.1. The monoisotopic (exact) mass is 389 g/mol. The molecule has 4 heterocycles. The Hall–Kier alpha value is -1.73. The van der Waals surface area contributed by atoms with Crippen molar-refractivity contribution < 1.29 is 0 Å². The summed E-state index contributed by atoms with van der Waals surface area (Å²) in [7, 11) is 0. The zero-order valence-electron chi connectivity index (χ0n) is 12.7. The van der Waals surface area contributed by atoms with Gasteiger partial charge in [-0.05, 0) is 45.9 Å². The minimum Gasteiger partial charge on any atom is -0.353 e. The summed E-state index contributed by atoms with van der Waals surface area (Å²) in [4.78, 5) is 19.2. The lowest BCUT2D eigenvalue weighted by atomic mass is 10.2. The molecule has 0 aliphatic carbocycles. The van der Waals surface area contributed by atoms with Crippen LogP contribution in [-0.4, -0.2) is 41.1 Å². The maximum atomic E-state index is 4.58. The Morgan fingerprint density at radius 1 is 1.04 bits per heavy atom. The van der Waals surface area contributed by atoms with Crippen LogP contribution in [0.15, 0.2) is 34.5 Å². The van der Waals surface area contributed by atoms with E-state index < -0.39 is 0 Å². The van der Waals surface area contributed by atoms with Gasteiger partial charge >= 0.3 is 0 Å². The van der Waals surface area contributed by atoms with E-state index in [2.05, 4.69) is 65.1 Å². The van der Waals surface area contributed by atoms with Crippen LogP contribution in [0.3, 0.4) is 0 Å². The van der Waals surface area contributed by atoms with Crippen LogP contribution in [0.4, 0.5) is 11.6 Å². The SMILES string of the molecule is Cc1cc(Br)cnc1N1CCN(c2ncnc3sccc23)CC1. The molecular weight excluding hydrogens is 374 g/mol. The summed E-state index contributed by atoms with van der Waals surface area (Å²) in [5.74, 6) is 2.13. The molecule has 5 nitrogen and oxygen atoms in total. The van der Waals surface area contributed by atoms with Crippen LogP contribution in [0.1, 0.15) is 5.56 Å². The first-order valence-electron chi connectivity index (χ1n) is 7.52. The van der Waals surface area contributed by atoms with Crippen molar-refractivity contribution in [1.82, 2.24) is 15.0 Å². The average Bonchev–Trinajstić information content (AvgIpc) is 3.04. The molecule has 1 saturated heterocycles. The second-order valence-electron chi connectivity index (χ2n) is 5.60. The lowest BCUT2D eigenvalue weighted by Crippen LogP contribution is -2.47. The maximum absolute atomic E-state index is 4.58. The number of hydrogen-bond acceptors (Lipinski definition) is 6. The number of halogens is 1. The molecule has 7 heteroatoms. The average molecular weight is 390 g/mol. The number of rotatable bonds is 2. The molecule has 0 saturated carbocycles. The van der Waals surface area contributed by atoms with Gasteiger partial charge in [0.25, 0.3) is 0 Å². The molecule has 0 N–H and O–H groups in total. The molecule has 0 amide bonds. The minimum atomic E-state index is 0.944. The summed E-state index contributed by atoms with van der Waals surface area (Å²) >= 11 is 5.14. The number of pyridine rings is 1. The Labute approximate surface area is 147 Å². The molecule has 0 radical (unpaired) electrons. The Morgan fingerprint density at radius 2 is 1.78 bits per heavy atom. The van der Waals surface area contributed by atoms with E-state index in [0.29, 0.717) is 0 Å². The highest BCUT2D eigenvalue weighted by atomic mass is 79.9. The van der Waals surface area contributed by atoms with E-state index in [1.165, 1.54) is 5.56 Å². The largest absolute Gasteiger partial charge is 0.353 e. The number of hydrogen-bond donors (Lipinski definition) is 0. The second-order valence-corrected chi connectivity index (χ2v) is 7.42. The van der Waals surface area contributed by atoms with Crippen LogP contribution >= 0.6 is 27.3 Å². The van der Waals surface area contributed by atoms with Gasteiger partial charge in [-0.3, -0.25) is 0 Å². The Balaban J connectivity index is 1.54. The Morgan fingerprint density at radius 3 is 2.52 bits per heavy atom. The number of fused-ring (bicyclic) bond motifs is 1. The van der Waals surface area contributed by atoms with Crippen LogP contribution in [0.5, 0.6) is 0 Å². The lowest BCUT2D eigenvalue weighted by molar-refractivity contribution is 0.641.